The van der Waals surface area contributed by atoms with Crippen molar-refractivity contribution < 1.29 is 9.47 Å². The van der Waals surface area contributed by atoms with Crippen LogP contribution in [0.1, 0.15) is 19.8 Å². The van der Waals surface area contributed by atoms with Gasteiger partial charge in [0.15, 0.2) is 0 Å². The van der Waals surface area contributed by atoms with Gasteiger partial charge in [-0.25, -0.2) is 0 Å². The van der Waals surface area contributed by atoms with E-state index in [1.165, 1.54) is 0 Å². The monoisotopic (exact) mass is 223 g/mol. The van der Waals surface area contributed by atoms with Crippen molar-refractivity contribution in [2.24, 2.45) is 0 Å². The Balaban J connectivity index is 2.92. The molecule has 1 N–H and O–H groups in total. The molecule has 14 heavy (non-hydrogen) atoms. The third kappa shape index (κ3) is 10.3. The summed E-state index contributed by atoms with van der Waals surface area (Å²) in [6.45, 7) is 6.11. The normalized spacial score (nSPS) is 13.1. The van der Waals surface area contributed by atoms with Crippen LogP contribution in [0.15, 0.2) is 0 Å². The zero-order chi connectivity index (χ0) is 10.6. The minimum Gasteiger partial charge on any atom is -0.385 e. The van der Waals surface area contributed by atoms with Gasteiger partial charge in [0.25, 0.3) is 0 Å². The van der Waals surface area contributed by atoms with Gasteiger partial charge in [0.1, 0.15) is 0 Å². The molecule has 0 aliphatic heterocycles. The summed E-state index contributed by atoms with van der Waals surface area (Å²) in [6.07, 6.45) is 1.97. The van der Waals surface area contributed by atoms with E-state index in [1.807, 2.05) is 0 Å². The van der Waals surface area contributed by atoms with E-state index < -0.39 is 0 Å². The van der Waals surface area contributed by atoms with Crippen molar-refractivity contribution >= 4 is 11.6 Å². The van der Waals surface area contributed by atoms with Gasteiger partial charge in [0.05, 0.1) is 6.61 Å². The fourth-order valence-corrected chi connectivity index (χ4v) is 1.06. The van der Waals surface area contributed by atoms with Crippen molar-refractivity contribution in [1.82, 2.24) is 5.32 Å². The molecule has 0 bridgehead atoms. The lowest BCUT2D eigenvalue weighted by Gasteiger charge is -2.08. The second kappa shape index (κ2) is 11.2. The summed E-state index contributed by atoms with van der Waals surface area (Å²) in [5.74, 6) is 0. The van der Waals surface area contributed by atoms with Gasteiger partial charge in [-0.15, -0.1) is 11.6 Å². The molecular formula is C10H22ClNO2. The van der Waals surface area contributed by atoms with Gasteiger partial charge in [0.2, 0.25) is 0 Å². The van der Waals surface area contributed by atoms with E-state index in [9.17, 15) is 0 Å². The van der Waals surface area contributed by atoms with E-state index in [1.54, 1.807) is 7.11 Å². The lowest BCUT2D eigenvalue weighted by atomic mass is 10.3. The maximum Gasteiger partial charge on any atom is 0.0590 e. The van der Waals surface area contributed by atoms with Crippen molar-refractivity contribution in [2.75, 3.05) is 40.0 Å². The second-order valence-corrected chi connectivity index (χ2v) is 3.79. The van der Waals surface area contributed by atoms with Crippen molar-refractivity contribution in [3.63, 3.8) is 0 Å². The zero-order valence-corrected chi connectivity index (χ0v) is 9.98. The number of hydrogen-bond acceptors (Lipinski definition) is 3. The summed E-state index contributed by atoms with van der Waals surface area (Å²) >= 11 is 5.93. The Labute approximate surface area is 92.1 Å². The van der Waals surface area contributed by atoms with Crippen LogP contribution in [0.4, 0.5) is 0 Å². The SMILES string of the molecule is CCC(Cl)CNCCOCCCOC. The van der Waals surface area contributed by atoms with Crippen LogP contribution < -0.4 is 5.32 Å². The molecule has 86 valence electrons. The van der Waals surface area contributed by atoms with Crippen molar-refractivity contribution in [3.05, 3.63) is 0 Å². The molecule has 0 aromatic rings. The third-order valence-corrected chi connectivity index (χ3v) is 2.33. The topological polar surface area (TPSA) is 30.5 Å². The van der Waals surface area contributed by atoms with Gasteiger partial charge in [-0.1, -0.05) is 6.92 Å². The Morgan fingerprint density at radius 2 is 2.07 bits per heavy atom. The Morgan fingerprint density at radius 1 is 1.29 bits per heavy atom. The molecule has 1 unspecified atom stereocenters. The minimum atomic E-state index is 0.239. The first kappa shape index (κ1) is 14.2. The molecule has 0 rings (SSSR count). The van der Waals surface area contributed by atoms with Crippen molar-refractivity contribution in [2.45, 2.75) is 25.1 Å². The van der Waals surface area contributed by atoms with Crippen LogP contribution in [-0.4, -0.2) is 45.4 Å². The molecule has 0 heterocycles. The minimum absolute atomic E-state index is 0.239. The second-order valence-electron chi connectivity index (χ2n) is 3.17. The molecule has 0 fully saturated rings. The highest BCUT2D eigenvalue weighted by Gasteiger charge is 1.98. The highest BCUT2D eigenvalue weighted by molar-refractivity contribution is 6.20. The van der Waals surface area contributed by atoms with Crippen LogP contribution in [0.25, 0.3) is 0 Å². The standard InChI is InChI=1S/C10H22ClNO2/c1-3-10(11)9-12-5-8-14-7-4-6-13-2/h10,12H,3-9H2,1-2H3. The molecule has 0 saturated heterocycles. The number of alkyl halides is 1. The lowest BCUT2D eigenvalue weighted by Crippen LogP contribution is -2.26. The Morgan fingerprint density at radius 3 is 2.71 bits per heavy atom. The van der Waals surface area contributed by atoms with E-state index in [0.717, 1.165) is 45.8 Å². The van der Waals surface area contributed by atoms with E-state index in [2.05, 4.69) is 12.2 Å². The number of halogens is 1. The Kier molecular flexibility index (Phi) is 11.4. The van der Waals surface area contributed by atoms with Crippen molar-refractivity contribution in [3.8, 4) is 0 Å². The summed E-state index contributed by atoms with van der Waals surface area (Å²) in [7, 11) is 1.70. The molecule has 4 heteroatoms. The summed E-state index contributed by atoms with van der Waals surface area (Å²) in [6, 6.07) is 0. The summed E-state index contributed by atoms with van der Waals surface area (Å²) in [4.78, 5) is 0. The van der Waals surface area contributed by atoms with E-state index in [0.29, 0.717) is 0 Å². The molecule has 0 aliphatic carbocycles. The van der Waals surface area contributed by atoms with Gasteiger partial charge in [-0.3, -0.25) is 0 Å². The number of ether oxygens (including phenoxy) is 2. The molecule has 3 nitrogen and oxygen atoms in total. The zero-order valence-electron chi connectivity index (χ0n) is 9.22. The van der Waals surface area contributed by atoms with E-state index in [4.69, 9.17) is 21.1 Å². The van der Waals surface area contributed by atoms with Crippen LogP contribution in [-0.2, 0) is 9.47 Å². The first-order chi connectivity index (χ1) is 6.81. The Hall–Kier alpha value is 0.170. The summed E-state index contributed by atoms with van der Waals surface area (Å²) in [5.41, 5.74) is 0. The first-order valence-electron chi connectivity index (χ1n) is 5.22. The van der Waals surface area contributed by atoms with Crippen molar-refractivity contribution in [1.29, 1.82) is 0 Å². The maximum absolute atomic E-state index is 5.93. The molecule has 0 radical (unpaired) electrons. The molecule has 0 spiro atoms. The quantitative estimate of drug-likeness (QED) is 0.451. The van der Waals surface area contributed by atoms with Crippen LogP contribution in [0.5, 0.6) is 0 Å². The van der Waals surface area contributed by atoms with Gasteiger partial charge >= 0.3 is 0 Å². The predicted octanol–water partition coefficient (Wildman–Crippen LogP) is 1.65. The summed E-state index contributed by atoms with van der Waals surface area (Å²) < 4.78 is 10.3. The van der Waals surface area contributed by atoms with Gasteiger partial charge < -0.3 is 14.8 Å². The number of hydrogen-bond donors (Lipinski definition) is 1. The molecule has 0 aromatic heterocycles. The third-order valence-electron chi connectivity index (χ3n) is 1.87. The highest BCUT2D eigenvalue weighted by Crippen LogP contribution is 1.97. The van der Waals surface area contributed by atoms with Gasteiger partial charge in [0, 0.05) is 38.8 Å². The number of rotatable bonds is 10. The summed E-state index contributed by atoms with van der Waals surface area (Å²) in [5, 5.41) is 3.48. The van der Waals surface area contributed by atoms with Gasteiger partial charge in [-0.2, -0.15) is 0 Å². The number of methoxy groups -OCH3 is 1. The van der Waals surface area contributed by atoms with Crippen LogP contribution in [0.3, 0.4) is 0 Å². The first-order valence-corrected chi connectivity index (χ1v) is 5.66. The fourth-order valence-electron chi connectivity index (χ4n) is 0.955. The van der Waals surface area contributed by atoms with Gasteiger partial charge in [-0.05, 0) is 12.8 Å². The molecule has 0 amide bonds. The molecule has 1 atom stereocenters. The average Bonchev–Trinajstić information content (AvgIpc) is 2.21. The number of nitrogens with one attached hydrogen (secondary N) is 1. The average molecular weight is 224 g/mol. The van der Waals surface area contributed by atoms with Crippen LogP contribution in [0, 0.1) is 0 Å². The predicted molar refractivity (Wildman–Crippen MR) is 60.1 cm³/mol. The van der Waals surface area contributed by atoms with Crippen LogP contribution >= 0.6 is 11.6 Å². The fraction of sp³-hybridized carbons (Fsp3) is 1.00. The molecule has 0 aliphatic rings. The highest BCUT2D eigenvalue weighted by atomic mass is 35.5. The van der Waals surface area contributed by atoms with E-state index >= 15 is 0 Å². The van der Waals surface area contributed by atoms with E-state index in [-0.39, 0.29) is 5.38 Å². The smallest absolute Gasteiger partial charge is 0.0590 e. The van der Waals surface area contributed by atoms with Crippen LogP contribution in [0.2, 0.25) is 0 Å². The Bertz CT molecular complexity index is 114. The molecular weight excluding hydrogens is 202 g/mol. The molecule has 0 aromatic carbocycles. The lowest BCUT2D eigenvalue weighted by molar-refractivity contribution is 0.104. The molecule has 0 saturated carbocycles. The largest absolute Gasteiger partial charge is 0.385 e. The maximum atomic E-state index is 5.93.